The molecule has 0 aliphatic carbocycles. The molecule has 2 aromatic rings. The van der Waals surface area contributed by atoms with Gasteiger partial charge in [-0.15, -0.1) is 11.3 Å². The van der Waals surface area contributed by atoms with Crippen LogP contribution in [0.4, 0.5) is 5.69 Å². The van der Waals surface area contributed by atoms with E-state index < -0.39 is 0 Å². The fourth-order valence-electron chi connectivity index (χ4n) is 1.66. The smallest absolute Gasteiger partial charge is 0.255 e. The average molecular weight is 340 g/mol. The normalized spacial score (nSPS) is 10.3. The van der Waals surface area contributed by atoms with E-state index in [0.717, 1.165) is 20.7 Å². The zero-order valence-corrected chi connectivity index (χ0v) is 13.1. The van der Waals surface area contributed by atoms with Crippen molar-refractivity contribution in [3.63, 3.8) is 0 Å². The molecule has 0 saturated carbocycles. The van der Waals surface area contributed by atoms with Crippen molar-refractivity contribution in [1.29, 1.82) is 0 Å². The number of nitrogens with one attached hydrogen (secondary N) is 2. The van der Waals surface area contributed by atoms with E-state index >= 15 is 0 Å². The maximum Gasteiger partial charge on any atom is 0.255 e. The van der Waals surface area contributed by atoms with Gasteiger partial charge in [-0.25, -0.2) is 0 Å². The van der Waals surface area contributed by atoms with Crippen LogP contribution < -0.4 is 10.6 Å². The maximum absolute atomic E-state index is 12.1. The van der Waals surface area contributed by atoms with Gasteiger partial charge in [0, 0.05) is 33.7 Å². The fraction of sp³-hybridized carbons (Fsp3) is 0.231. The first kappa shape index (κ1) is 14.0. The molecule has 0 fully saturated rings. The predicted octanol–water partition coefficient (Wildman–Crippen LogP) is 3.19. The van der Waals surface area contributed by atoms with Gasteiger partial charge in [0.1, 0.15) is 0 Å². The minimum absolute atomic E-state index is 0.124. The Bertz CT molecular complexity index is 597. The molecular weight excluding hydrogens is 326 g/mol. The number of hydrogen-bond acceptors (Lipinski definition) is 4. The predicted molar refractivity (Wildman–Crippen MR) is 81.7 cm³/mol. The Hall–Kier alpha value is -1.40. The molecule has 0 aliphatic rings. The summed E-state index contributed by atoms with van der Waals surface area (Å²) in [5.74, 6) is -0.124. The molecule has 2 aromatic heterocycles. The number of nitrogens with zero attached hydrogens (tertiary/aromatic N) is 1. The number of amides is 1. The van der Waals surface area contributed by atoms with E-state index in [4.69, 9.17) is 0 Å². The Labute approximate surface area is 124 Å². The van der Waals surface area contributed by atoms with E-state index in [1.54, 1.807) is 24.6 Å². The summed E-state index contributed by atoms with van der Waals surface area (Å²) in [5.41, 5.74) is 2.23. The highest BCUT2D eigenvalue weighted by atomic mass is 79.9. The van der Waals surface area contributed by atoms with Gasteiger partial charge < -0.3 is 10.6 Å². The number of thiophene rings is 1. The molecule has 1 amide bonds. The van der Waals surface area contributed by atoms with Crippen molar-refractivity contribution in [3.05, 3.63) is 44.3 Å². The maximum atomic E-state index is 12.1. The molecule has 0 aromatic carbocycles. The molecule has 0 radical (unpaired) electrons. The van der Waals surface area contributed by atoms with E-state index in [1.165, 1.54) is 0 Å². The number of carbonyl (C=O) groups is 1. The van der Waals surface area contributed by atoms with Crippen molar-refractivity contribution in [2.75, 3.05) is 12.4 Å². The third-order valence-electron chi connectivity index (χ3n) is 2.60. The molecule has 0 spiro atoms. The summed E-state index contributed by atoms with van der Waals surface area (Å²) in [7, 11) is 1.79. The molecule has 0 atom stereocenters. The summed E-state index contributed by atoms with van der Waals surface area (Å²) >= 11 is 5.00. The molecule has 0 unspecified atom stereocenters. The topological polar surface area (TPSA) is 54.0 Å². The van der Waals surface area contributed by atoms with Gasteiger partial charge in [0.2, 0.25) is 0 Å². The van der Waals surface area contributed by atoms with Crippen molar-refractivity contribution in [3.8, 4) is 0 Å². The van der Waals surface area contributed by atoms with Gasteiger partial charge in [0.25, 0.3) is 5.91 Å². The molecule has 19 heavy (non-hydrogen) atoms. The molecule has 100 valence electrons. The Kier molecular flexibility index (Phi) is 4.55. The van der Waals surface area contributed by atoms with E-state index in [-0.39, 0.29) is 5.91 Å². The first-order chi connectivity index (χ1) is 9.10. The van der Waals surface area contributed by atoms with Gasteiger partial charge in [-0.05, 0) is 35.0 Å². The van der Waals surface area contributed by atoms with Crippen molar-refractivity contribution in [1.82, 2.24) is 10.3 Å². The fourth-order valence-corrected chi connectivity index (χ4v) is 3.05. The number of carbonyl (C=O) groups excluding carboxylic acids is 1. The highest BCUT2D eigenvalue weighted by Crippen LogP contribution is 2.20. The number of aryl methyl sites for hydroxylation is 1. The Balaban J connectivity index is 2.07. The van der Waals surface area contributed by atoms with Crippen LogP contribution in [-0.2, 0) is 6.54 Å². The summed E-state index contributed by atoms with van der Waals surface area (Å²) in [6.45, 7) is 2.41. The Morgan fingerprint density at radius 3 is 2.89 bits per heavy atom. The van der Waals surface area contributed by atoms with Crippen LogP contribution in [0.2, 0.25) is 0 Å². The molecular formula is C13H14BrN3OS. The Morgan fingerprint density at radius 1 is 1.47 bits per heavy atom. The molecule has 2 rings (SSSR count). The van der Waals surface area contributed by atoms with Crippen LogP contribution in [-0.4, -0.2) is 17.9 Å². The number of aromatic nitrogens is 1. The summed E-state index contributed by atoms with van der Waals surface area (Å²) in [4.78, 5) is 17.4. The molecule has 2 heterocycles. The zero-order valence-electron chi connectivity index (χ0n) is 10.7. The van der Waals surface area contributed by atoms with Crippen LogP contribution >= 0.6 is 27.3 Å². The molecule has 0 aliphatic heterocycles. The van der Waals surface area contributed by atoms with E-state index in [0.29, 0.717) is 12.1 Å². The first-order valence-electron chi connectivity index (χ1n) is 5.75. The lowest BCUT2D eigenvalue weighted by atomic mass is 10.2. The molecule has 0 bridgehead atoms. The Morgan fingerprint density at radius 2 is 2.26 bits per heavy atom. The summed E-state index contributed by atoms with van der Waals surface area (Å²) in [6.07, 6.45) is 1.60. The van der Waals surface area contributed by atoms with Gasteiger partial charge in [-0.1, -0.05) is 0 Å². The van der Waals surface area contributed by atoms with Gasteiger partial charge in [0.15, 0.2) is 0 Å². The van der Waals surface area contributed by atoms with Crippen molar-refractivity contribution < 1.29 is 4.79 Å². The SMILES string of the molecule is CNc1cc(C)ncc1C(=O)NCc1cc(Br)cs1. The van der Waals surface area contributed by atoms with Crippen LogP contribution in [0, 0.1) is 6.92 Å². The first-order valence-corrected chi connectivity index (χ1v) is 7.43. The molecule has 6 heteroatoms. The minimum Gasteiger partial charge on any atom is -0.387 e. The summed E-state index contributed by atoms with van der Waals surface area (Å²) in [6, 6.07) is 3.86. The number of rotatable bonds is 4. The van der Waals surface area contributed by atoms with Crippen LogP contribution in [0.15, 0.2) is 28.2 Å². The lowest BCUT2D eigenvalue weighted by Crippen LogP contribution is -2.23. The van der Waals surface area contributed by atoms with E-state index in [1.807, 2.05) is 24.4 Å². The average Bonchev–Trinajstić information content (AvgIpc) is 2.81. The van der Waals surface area contributed by atoms with Crippen molar-refractivity contribution in [2.45, 2.75) is 13.5 Å². The second-order valence-corrected chi connectivity index (χ2v) is 5.95. The molecule has 4 nitrogen and oxygen atoms in total. The standard InChI is InChI=1S/C13H14BrN3OS/c1-8-3-12(15-2)11(6-16-8)13(18)17-5-10-4-9(14)7-19-10/h3-4,6-7H,5H2,1-2H3,(H,15,16)(H,17,18). The van der Waals surface area contributed by atoms with Gasteiger partial charge in [-0.2, -0.15) is 0 Å². The number of halogens is 1. The third-order valence-corrected chi connectivity index (χ3v) is 4.30. The summed E-state index contributed by atoms with van der Waals surface area (Å²) < 4.78 is 1.04. The van der Waals surface area contributed by atoms with Gasteiger partial charge in [0.05, 0.1) is 17.8 Å². The number of anilines is 1. The summed E-state index contributed by atoms with van der Waals surface area (Å²) in [5, 5.41) is 7.90. The molecule has 2 N–H and O–H groups in total. The van der Waals surface area contributed by atoms with Crippen LogP contribution in [0.3, 0.4) is 0 Å². The quantitative estimate of drug-likeness (QED) is 0.899. The zero-order chi connectivity index (χ0) is 13.8. The number of pyridine rings is 1. The second kappa shape index (κ2) is 6.16. The largest absolute Gasteiger partial charge is 0.387 e. The highest BCUT2D eigenvalue weighted by Gasteiger charge is 2.11. The molecule has 0 saturated heterocycles. The van der Waals surface area contributed by atoms with Gasteiger partial charge >= 0.3 is 0 Å². The van der Waals surface area contributed by atoms with Gasteiger partial charge in [-0.3, -0.25) is 9.78 Å². The van der Waals surface area contributed by atoms with Crippen LogP contribution in [0.5, 0.6) is 0 Å². The lowest BCUT2D eigenvalue weighted by molar-refractivity contribution is 0.0952. The number of hydrogen-bond donors (Lipinski definition) is 2. The van der Waals surface area contributed by atoms with E-state index in [9.17, 15) is 4.79 Å². The van der Waals surface area contributed by atoms with E-state index in [2.05, 4.69) is 31.5 Å². The highest BCUT2D eigenvalue weighted by molar-refractivity contribution is 9.10. The third kappa shape index (κ3) is 3.54. The minimum atomic E-state index is -0.124. The van der Waals surface area contributed by atoms with Crippen LogP contribution in [0.1, 0.15) is 20.9 Å². The van der Waals surface area contributed by atoms with Crippen molar-refractivity contribution in [2.24, 2.45) is 0 Å². The van der Waals surface area contributed by atoms with Crippen molar-refractivity contribution >= 4 is 38.9 Å². The second-order valence-electron chi connectivity index (χ2n) is 4.04. The van der Waals surface area contributed by atoms with Crippen LogP contribution in [0.25, 0.3) is 0 Å². The lowest BCUT2D eigenvalue weighted by Gasteiger charge is -2.09. The monoisotopic (exact) mass is 339 g/mol.